The van der Waals surface area contributed by atoms with Gasteiger partial charge in [-0.15, -0.1) is 11.3 Å². The Labute approximate surface area is 151 Å². The van der Waals surface area contributed by atoms with E-state index in [9.17, 15) is 9.59 Å². The normalized spacial score (nSPS) is 10.6. The van der Waals surface area contributed by atoms with Crippen LogP contribution in [0.25, 0.3) is 5.69 Å². The molecule has 1 aromatic carbocycles. The molecule has 0 spiro atoms. The highest BCUT2D eigenvalue weighted by Gasteiger charge is 2.13. The summed E-state index contributed by atoms with van der Waals surface area (Å²) in [5.41, 5.74) is 7.17. The highest BCUT2D eigenvalue weighted by molar-refractivity contribution is 7.99. The number of thioether (sulfide) groups is 1. The highest BCUT2D eigenvalue weighted by atomic mass is 32.2. The average Bonchev–Trinajstić information content (AvgIpc) is 2.98. The number of nitrogens with two attached hydrogens (primary N) is 1. The fourth-order valence-corrected chi connectivity index (χ4v) is 3.64. The van der Waals surface area contributed by atoms with E-state index in [4.69, 9.17) is 5.73 Å². The number of nitrogen functional groups attached to an aromatic ring is 1. The first-order valence-electron chi connectivity index (χ1n) is 7.33. The molecule has 0 aliphatic rings. The Hall–Kier alpha value is -2.65. The van der Waals surface area contributed by atoms with Gasteiger partial charge in [-0.2, -0.15) is 4.98 Å². The number of nitrogens with zero attached hydrogens (tertiary/aromatic N) is 3. The van der Waals surface area contributed by atoms with Gasteiger partial charge in [-0.3, -0.25) is 14.2 Å². The Kier molecular flexibility index (Phi) is 5.15. The van der Waals surface area contributed by atoms with Gasteiger partial charge in [0, 0.05) is 17.1 Å². The van der Waals surface area contributed by atoms with Crippen LogP contribution in [0.4, 0.5) is 10.9 Å². The van der Waals surface area contributed by atoms with Gasteiger partial charge in [0.05, 0.1) is 11.4 Å². The molecule has 1 amide bonds. The Bertz CT molecular complexity index is 953. The van der Waals surface area contributed by atoms with Crippen LogP contribution in [0.15, 0.2) is 51.7 Å². The van der Waals surface area contributed by atoms with E-state index >= 15 is 0 Å². The molecule has 3 aromatic rings. The number of amides is 1. The predicted molar refractivity (Wildman–Crippen MR) is 100 cm³/mol. The second-order valence-electron chi connectivity index (χ2n) is 5.10. The SMILES string of the molecule is Cc1csc(NC(=O)CSc2nc(=O)cc(N)n2-c2ccccc2)n1. The van der Waals surface area contributed by atoms with Crippen molar-refractivity contribution in [2.75, 3.05) is 16.8 Å². The summed E-state index contributed by atoms with van der Waals surface area (Å²) in [5, 5.41) is 5.49. The molecule has 0 aliphatic carbocycles. The highest BCUT2D eigenvalue weighted by Crippen LogP contribution is 2.22. The fraction of sp³-hybridized carbons (Fsp3) is 0.125. The third-order valence-corrected chi connectivity index (χ3v) is 4.95. The maximum absolute atomic E-state index is 12.1. The molecule has 0 bridgehead atoms. The zero-order valence-corrected chi connectivity index (χ0v) is 14.9. The van der Waals surface area contributed by atoms with Crippen molar-refractivity contribution in [2.45, 2.75) is 12.1 Å². The molecule has 3 N–H and O–H groups in total. The monoisotopic (exact) mass is 373 g/mol. The predicted octanol–water partition coefficient (Wildman–Crippen LogP) is 2.31. The van der Waals surface area contributed by atoms with E-state index in [2.05, 4.69) is 15.3 Å². The van der Waals surface area contributed by atoms with Crippen molar-refractivity contribution in [3.8, 4) is 5.69 Å². The lowest BCUT2D eigenvalue weighted by atomic mass is 10.3. The number of nitrogens with one attached hydrogen (secondary N) is 1. The Morgan fingerprint density at radius 2 is 2.08 bits per heavy atom. The Balaban J connectivity index is 1.80. The molecule has 7 nitrogen and oxygen atoms in total. The molecule has 0 atom stereocenters. The molecule has 9 heteroatoms. The first-order chi connectivity index (χ1) is 12.0. The van der Waals surface area contributed by atoms with Crippen LogP contribution in [0.2, 0.25) is 0 Å². The quantitative estimate of drug-likeness (QED) is 0.525. The number of benzene rings is 1. The first-order valence-corrected chi connectivity index (χ1v) is 9.19. The van der Waals surface area contributed by atoms with Crippen molar-refractivity contribution in [3.05, 3.63) is 57.8 Å². The van der Waals surface area contributed by atoms with E-state index in [0.29, 0.717) is 10.3 Å². The third kappa shape index (κ3) is 4.25. The number of hydrogen-bond donors (Lipinski definition) is 2. The van der Waals surface area contributed by atoms with Crippen LogP contribution in [0.1, 0.15) is 5.69 Å². The smallest absolute Gasteiger partial charge is 0.275 e. The second-order valence-corrected chi connectivity index (χ2v) is 6.90. The van der Waals surface area contributed by atoms with Gasteiger partial charge in [0.2, 0.25) is 5.91 Å². The summed E-state index contributed by atoms with van der Waals surface area (Å²) in [4.78, 5) is 32.0. The molecule has 3 rings (SSSR count). The van der Waals surface area contributed by atoms with Gasteiger partial charge in [0.25, 0.3) is 5.56 Å². The summed E-state index contributed by atoms with van der Waals surface area (Å²) in [6, 6.07) is 10.6. The van der Waals surface area contributed by atoms with Gasteiger partial charge in [-0.25, -0.2) is 4.98 Å². The summed E-state index contributed by atoms with van der Waals surface area (Å²) < 4.78 is 1.65. The zero-order valence-electron chi connectivity index (χ0n) is 13.3. The second kappa shape index (κ2) is 7.49. The van der Waals surface area contributed by atoms with E-state index in [1.165, 1.54) is 17.4 Å². The summed E-state index contributed by atoms with van der Waals surface area (Å²) >= 11 is 2.50. The maximum atomic E-state index is 12.1. The molecule has 0 aliphatic heterocycles. The number of aromatic nitrogens is 3. The molecule has 25 heavy (non-hydrogen) atoms. The van der Waals surface area contributed by atoms with Gasteiger partial charge in [0.15, 0.2) is 10.3 Å². The summed E-state index contributed by atoms with van der Waals surface area (Å²) in [6.45, 7) is 1.86. The van der Waals surface area contributed by atoms with Crippen molar-refractivity contribution in [1.82, 2.24) is 14.5 Å². The van der Waals surface area contributed by atoms with Crippen molar-refractivity contribution >= 4 is 40.0 Å². The van der Waals surface area contributed by atoms with Gasteiger partial charge >= 0.3 is 0 Å². The molecule has 0 saturated heterocycles. The lowest BCUT2D eigenvalue weighted by molar-refractivity contribution is -0.113. The van der Waals surface area contributed by atoms with Crippen LogP contribution in [0, 0.1) is 6.92 Å². The molecule has 2 aromatic heterocycles. The van der Waals surface area contributed by atoms with E-state index in [-0.39, 0.29) is 17.5 Å². The summed E-state index contributed by atoms with van der Waals surface area (Å²) in [7, 11) is 0. The number of thiazole rings is 1. The molecule has 128 valence electrons. The number of rotatable bonds is 5. The van der Waals surface area contributed by atoms with Crippen LogP contribution < -0.4 is 16.6 Å². The topological polar surface area (TPSA) is 103 Å². The summed E-state index contributed by atoms with van der Waals surface area (Å²) in [6.07, 6.45) is 0. The standard InChI is InChI=1S/C16H15N5O2S2/c1-10-8-24-15(18-10)19-14(23)9-25-16-20-13(22)7-12(17)21(16)11-5-3-2-4-6-11/h2-8H,9,17H2,1H3,(H,18,19,23). The van der Waals surface area contributed by atoms with E-state index in [1.807, 2.05) is 42.6 Å². The molecular weight excluding hydrogens is 358 g/mol. The van der Waals surface area contributed by atoms with Crippen molar-refractivity contribution in [3.63, 3.8) is 0 Å². The third-order valence-electron chi connectivity index (χ3n) is 3.14. The van der Waals surface area contributed by atoms with Crippen molar-refractivity contribution in [1.29, 1.82) is 0 Å². The minimum absolute atomic E-state index is 0.0847. The molecule has 2 heterocycles. The van der Waals surface area contributed by atoms with E-state index in [0.717, 1.165) is 23.1 Å². The number of hydrogen-bond acceptors (Lipinski definition) is 7. The lowest BCUT2D eigenvalue weighted by Gasteiger charge is -2.14. The minimum atomic E-state index is -0.442. The Morgan fingerprint density at radius 3 is 2.76 bits per heavy atom. The first kappa shape index (κ1) is 17.2. The zero-order chi connectivity index (χ0) is 17.8. The number of para-hydroxylation sites is 1. The maximum Gasteiger partial charge on any atom is 0.275 e. The van der Waals surface area contributed by atoms with Crippen molar-refractivity contribution in [2.24, 2.45) is 0 Å². The fourth-order valence-electron chi connectivity index (χ4n) is 2.11. The largest absolute Gasteiger partial charge is 0.385 e. The number of anilines is 2. The molecule has 0 unspecified atom stereocenters. The van der Waals surface area contributed by atoms with Crippen LogP contribution >= 0.6 is 23.1 Å². The average molecular weight is 373 g/mol. The van der Waals surface area contributed by atoms with Crippen LogP contribution in [-0.4, -0.2) is 26.2 Å². The minimum Gasteiger partial charge on any atom is -0.385 e. The van der Waals surface area contributed by atoms with Gasteiger partial charge in [-0.1, -0.05) is 30.0 Å². The van der Waals surface area contributed by atoms with E-state index < -0.39 is 5.56 Å². The molecule has 0 fully saturated rings. The number of carbonyl (C=O) groups is 1. The van der Waals surface area contributed by atoms with Gasteiger partial charge in [0.1, 0.15) is 5.82 Å². The molecule has 0 saturated carbocycles. The van der Waals surface area contributed by atoms with Gasteiger partial charge < -0.3 is 11.1 Å². The number of carbonyl (C=O) groups excluding carboxylic acids is 1. The van der Waals surface area contributed by atoms with Gasteiger partial charge in [-0.05, 0) is 19.1 Å². The molecular formula is C16H15N5O2S2. The van der Waals surface area contributed by atoms with Crippen LogP contribution in [-0.2, 0) is 4.79 Å². The van der Waals surface area contributed by atoms with Crippen LogP contribution in [0.3, 0.4) is 0 Å². The summed E-state index contributed by atoms with van der Waals surface area (Å²) in [5.74, 6) is 0.127. The van der Waals surface area contributed by atoms with Crippen LogP contribution in [0.5, 0.6) is 0 Å². The Morgan fingerprint density at radius 1 is 1.32 bits per heavy atom. The molecule has 0 radical (unpaired) electrons. The van der Waals surface area contributed by atoms with Crippen molar-refractivity contribution < 1.29 is 4.79 Å². The lowest BCUT2D eigenvalue weighted by Crippen LogP contribution is -2.19. The number of aryl methyl sites for hydroxylation is 1. The van der Waals surface area contributed by atoms with E-state index in [1.54, 1.807) is 4.57 Å².